The van der Waals surface area contributed by atoms with Crippen molar-refractivity contribution in [2.75, 3.05) is 13.2 Å². The molecule has 0 saturated carbocycles. The molecule has 0 amide bonds. The lowest BCUT2D eigenvalue weighted by atomic mass is 9.94. The van der Waals surface area contributed by atoms with E-state index in [1.54, 1.807) is 0 Å². The number of epoxide rings is 1. The smallest absolute Gasteiger partial charge is 0.145 e. The lowest BCUT2D eigenvalue weighted by Crippen LogP contribution is -2.15. The molecular formula is C13H16N2O2. The van der Waals surface area contributed by atoms with E-state index >= 15 is 0 Å². The largest absolute Gasteiger partial charge is 0.393 e. The van der Waals surface area contributed by atoms with Crippen molar-refractivity contribution in [1.82, 2.24) is 4.98 Å². The lowest BCUT2D eigenvalue weighted by molar-refractivity contribution is 0.124. The van der Waals surface area contributed by atoms with Gasteiger partial charge >= 0.3 is 0 Å². The number of nitrogens with zero attached hydrogens (tertiary/aromatic N) is 2. The SMILES string of the molecule is Cc1ccc2c(n1)C(=NOCC1CO1)CCC2. The van der Waals surface area contributed by atoms with Crippen LogP contribution in [-0.4, -0.2) is 30.0 Å². The molecule has 90 valence electrons. The van der Waals surface area contributed by atoms with Crippen LogP contribution in [0.4, 0.5) is 0 Å². The third-order valence-electron chi connectivity index (χ3n) is 3.09. The first kappa shape index (κ1) is 10.7. The summed E-state index contributed by atoms with van der Waals surface area (Å²) in [5, 5.41) is 4.22. The number of hydrogen-bond acceptors (Lipinski definition) is 4. The number of hydrogen-bond donors (Lipinski definition) is 0. The van der Waals surface area contributed by atoms with E-state index in [4.69, 9.17) is 9.57 Å². The summed E-state index contributed by atoms with van der Waals surface area (Å²) in [6, 6.07) is 4.21. The van der Waals surface area contributed by atoms with Crippen LogP contribution in [0, 0.1) is 6.92 Å². The topological polar surface area (TPSA) is 47.0 Å². The molecule has 0 radical (unpaired) electrons. The Balaban J connectivity index is 1.79. The molecule has 0 spiro atoms. The fourth-order valence-corrected chi connectivity index (χ4v) is 2.05. The second-order valence-electron chi connectivity index (χ2n) is 4.60. The van der Waals surface area contributed by atoms with Gasteiger partial charge in [-0.2, -0.15) is 0 Å². The second kappa shape index (κ2) is 4.45. The number of aryl methyl sites for hydroxylation is 2. The maximum Gasteiger partial charge on any atom is 0.145 e. The van der Waals surface area contributed by atoms with E-state index in [0.29, 0.717) is 6.61 Å². The molecule has 2 heterocycles. The maximum atomic E-state index is 5.32. The molecule has 1 aliphatic heterocycles. The van der Waals surface area contributed by atoms with E-state index in [1.807, 2.05) is 6.92 Å². The molecule has 4 heteroatoms. The highest BCUT2D eigenvalue weighted by atomic mass is 16.7. The van der Waals surface area contributed by atoms with Gasteiger partial charge in [0.05, 0.1) is 12.3 Å². The molecule has 1 unspecified atom stereocenters. The van der Waals surface area contributed by atoms with Crippen molar-refractivity contribution in [2.45, 2.75) is 32.3 Å². The summed E-state index contributed by atoms with van der Waals surface area (Å²) in [7, 11) is 0. The van der Waals surface area contributed by atoms with Gasteiger partial charge in [0.15, 0.2) is 0 Å². The number of ether oxygens (including phenoxy) is 1. The highest BCUT2D eigenvalue weighted by Crippen LogP contribution is 2.21. The summed E-state index contributed by atoms with van der Waals surface area (Å²) >= 11 is 0. The molecule has 1 atom stereocenters. The quantitative estimate of drug-likeness (QED) is 0.590. The molecule has 4 nitrogen and oxygen atoms in total. The summed E-state index contributed by atoms with van der Waals surface area (Å²) < 4.78 is 5.08. The van der Waals surface area contributed by atoms with E-state index in [9.17, 15) is 0 Å². The number of oxime groups is 1. The Labute approximate surface area is 101 Å². The zero-order valence-electron chi connectivity index (χ0n) is 9.98. The Morgan fingerprint density at radius 1 is 1.47 bits per heavy atom. The number of rotatable bonds is 3. The van der Waals surface area contributed by atoms with Gasteiger partial charge in [-0.25, -0.2) is 0 Å². The van der Waals surface area contributed by atoms with E-state index in [0.717, 1.165) is 43.0 Å². The monoisotopic (exact) mass is 232 g/mol. The van der Waals surface area contributed by atoms with Gasteiger partial charge in [0.1, 0.15) is 18.4 Å². The van der Waals surface area contributed by atoms with Crippen LogP contribution in [0.2, 0.25) is 0 Å². The number of fused-ring (bicyclic) bond motifs is 1. The number of aromatic nitrogens is 1. The fourth-order valence-electron chi connectivity index (χ4n) is 2.05. The molecule has 0 N–H and O–H groups in total. The molecule has 1 aromatic heterocycles. The molecule has 1 fully saturated rings. The maximum absolute atomic E-state index is 5.32. The average molecular weight is 232 g/mol. The Kier molecular flexibility index (Phi) is 2.81. The van der Waals surface area contributed by atoms with Crippen molar-refractivity contribution in [1.29, 1.82) is 0 Å². The van der Waals surface area contributed by atoms with Crippen molar-refractivity contribution >= 4 is 5.71 Å². The van der Waals surface area contributed by atoms with Crippen LogP contribution >= 0.6 is 0 Å². The fraction of sp³-hybridized carbons (Fsp3) is 0.538. The molecule has 0 aromatic carbocycles. The summed E-state index contributed by atoms with van der Waals surface area (Å²) in [5.41, 5.74) is 4.32. The third kappa shape index (κ3) is 2.47. The molecule has 0 bridgehead atoms. The van der Waals surface area contributed by atoms with Crippen molar-refractivity contribution in [3.63, 3.8) is 0 Å². The van der Waals surface area contributed by atoms with Gasteiger partial charge in [-0.1, -0.05) is 11.2 Å². The van der Waals surface area contributed by atoms with Crippen LogP contribution in [0.3, 0.4) is 0 Å². The second-order valence-corrected chi connectivity index (χ2v) is 4.60. The van der Waals surface area contributed by atoms with Crippen molar-refractivity contribution in [2.24, 2.45) is 5.16 Å². The molecule has 17 heavy (non-hydrogen) atoms. The van der Waals surface area contributed by atoms with Crippen LogP contribution in [0.5, 0.6) is 0 Å². The van der Waals surface area contributed by atoms with E-state index in [1.165, 1.54) is 5.56 Å². The predicted octanol–water partition coefficient (Wildman–Crippen LogP) is 1.85. The van der Waals surface area contributed by atoms with Crippen molar-refractivity contribution < 1.29 is 9.57 Å². The van der Waals surface area contributed by atoms with Gasteiger partial charge < -0.3 is 9.57 Å². The minimum atomic E-state index is 0.257. The molecule has 1 aromatic rings. The van der Waals surface area contributed by atoms with Crippen LogP contribution in [0.15, 0.2) is 17.3 Å². The zero-order chi connectivity index (χ0) is 11.7. The summed E-state index contributed by atoms with van der Waals surface area (Å²) in [4.78, 5) is 9.88. The van der Waals surface area contributed by atoms with Gasteiger partial charge in [0, 0.05) is 5.69 Å². The van der Waals surface area contributed by atoms with Crippen LogP contribution in [-0.2, 0) is 16.0 Å². The summed E-state index contributed by atoms with van der Waals surface area (Å²) in [6.07, 6.45) is 3.43. The molecule has 2 aliphatic rings. The Morgan fingerprint density at radius 3 is 3.18 bits per heavy atom. The average Bonchev–Trinajstić information content (AvgIpc) is 3.14. The van der Waals surface area contributed by atoms with Gasteiger partial charge in [0.25, 0.3) is 0 Å². The first-order valence-corrected chi connectivity index (χ1v) is 6.10. The zero-order valence-corrected chi connectivity index (χ0v) is 9.98. The van der Waals surface area contributed by atoms with Gasteiger partial charge in [-0.05, 0) is 37.8 Å². The summed E-state index contributed by atoms with van der Waals surface area (Å²) in [5.74, 6) is 0. The standard InChI is InChI=1S/C13H16N2O2/c1-9-5-6-10-3-2-4-12(13(10)14-9)15-17-8-11-7-16-11/h5-6,11H,2-4,7-8H2,1H3. The van der Waals surface area contributed by atoms with E-state index in [-0.39, 0.29) is 6.10 Å². The van der Waals surface area contributed by atoms with Crippen LogP contribution < -0.4 is 0 Å². The Hall–Kier alpha value is -1.42. The highest BCUT2D eigenvalue weighted by Gasteiger charge is 2.24. The van der Waals surface area contributed by atoms with Crippen LogP contribution in [0.1, 0.15) is 29.8 Å². The number of pyridine rings is 1. The predicted molar refractivity (Wildman–Crippen MR) is 64.1 cm³/mol. The van der Waals surface area contributed by atoms with Crippen molar-refractivity contribution in [3.8, 4) is 0 Å². The molecular weight excluding hydrogens is 216 g/mol. The Bertz CT molecular complexity index is 453. The van der Waals surface area contributed by atoms with Crippen molar-refractivity contribution in [3.05, 3.63) is 29.1 Å². The minimum absolute atomic E-state index is 0.257. The van der Waals surface area contributed by atoms with E-state index < -0.39 is 0 Å². The molecule has 1 aliphatic carbocycles. The lowest BCUT2D eigenvalue weighted by Gasteiger charge is -2.16. The Morgan fingerprint density at radius 2 is 2.35 bits per heavy atom. The summed E-state index contributed by atoms with van der Waals surface area (Å²) in [6.45, 7) is 3.37. The van der Waals surface area contributed by atoms with Gasteiger partial charge in [0.2, 0.25) is 0 Å². The first-order chi connectivity index (χ1) is 8.33. The van der Waals surface area contributed by atoms with Crippen LogP contribution in [0.25, 0.3) is 0 Å². The highest BCUT2D eigenvalue weighted by molar-refractivity contribution is 6.00. The first-order valence-electron chi connectivity index (χ1n) is 6.10. The third-order valence-corrected chi connectivity index (χ3v) is 3.09. The normalized spacial score (nSPS) is 24.5. The molecule has 3 rings (SSSR count). The van der Waals surface area contributed by atoms with E-state index in [2.05, 4.69) is 22.3 Å². The minimum Gasteiger partial charge on any atom is -0.393 e. The molecule has 1 saturated heterocycles. The van der Waals surface area contributed by atoms with Gasteiger partial charge in [-0.15, -0.1) is 0 Å². The van der Waals surface area contributed by atoms with Gasteiger partial charge in [-0.3, -0.25) is 4.98 Å².